The average molecular weight is 584 g/mol. The third kappa shape index (κ3) is 12.7. The first-order chi connectivity index (χ1) is 14.7. The average Bonchev–Trinajstić information content (AvgIpc) is 2.47. The van der Waals surface area contributed by atoms with Gasteiger partial charge in [-0.25, -0.2) is 0 Å². The van der Waals surface area contributed by atoms with Crippen LogP contribution in [0.1, 0.15) is 125 Å². The second kappa shape index (κ2) is 11.0. The molecule has 0 saturated heterocycles. The van der Waals surface area contributed by atoms with Crippen molar-refractivity contribution in [3.63, 3.8) is 0 Å². The molecule has 0 heterocycles. The maximum absolute atomic E-state index is 4.89. The van der Waals surface area contributed by atoms with Crippen molar-refractivity contribution in [2.24, 2.45) is 31.0 Å². The molecule has 0 aromatic carbocycles. The number of nitrogens with zero attached hydrogens (tertiary/aromatic N) is 9. The van der Waals surface area contributed by atoms with E-state index in [-0.39, 0.29) is 33.2 Å². The van der Waals surface area contributed by atoms with Crippen LogP contribution in [0.2, 0.25) is 0 Å². The summed E-state index contributed by atoms with van der Waals surface area (Å²) in [7, 11) is 0. The fraction of sp³-hybridized carbons (Fsp3) is 1.00. The van der Waals surface area contributed by atoms with Gasteiger partial charge in [0, 0.05) is 0 Å². The second-order valence-corrected chi connectivity index (χ2v) is 21.1. The van der Waals surface area contributed by atoms with Crippen molar-refractivity contribution in [1.29, 1.82) is 0 Å². The fourth-order valence-electron chi connectivity index (χ4n) is 2.44. The van der Waals surface area contributed by atoms with Gasteiger partial charge in [-0.2, -0.15) is 0 Å². The van der Waals surface area contributed by atoms with E-state index < -0.39 is 22.3 Å². The van der Waals surface area contributed by atoms with E-state index in [1.165, 1.54) is 0 Å². The molecule has 34 heavy (non-hydrogen) atoms. The summed E-state index contributed by atoms with van der Waals surface area (Å²) in [6.07, 6.45) is 0. The summed E-state index contributed by atoms with van der Waals surface area (Å²) in [5, 5.41) is 28.8. The molecule has 0 aliphatic rings. The van der Waals surface area contributed by atoms with Gasteiger partial charge in [0.2, 0.25) is 0 Å². The Kier molecular flexibility index (Phi) is 10.7. The molecule has 0 fully saturated rings. The van der Waals surface area contributed by atoms with Crippen molar-refractivity contribution in [3.05, 3.63) is 0 Å². The number of rotatable bonds is 6. The van der Waals surface area contributed by atoms with Crippen LogP contribution >= 0.6 is 0 Å². The van der Waals surface area contributed by atoms with Gasteiger partial charge in [-0.05, 0) is 0 Å². The topological polar surface area (TPSA) is 83.9 Å². The van der Waals surface area contributed by atoms with Crippen molar-refractivity contribution in [2.75, 3.05) is 0 Å². The summed E-state index contributed by atoms with van der Waals surface area (Å²) in [6.45, 7) is 38.1. The van der Waals surface area contributed by atoms with E-state index >= 15 is 0 Å². The molecule has 0 radical (unpaired) electrons. The first kappa shape index (κ1) is 33.1. The Labute approximate surface area is 219 Å². The Morgan fingerprint density at radius 3 is 0.647 bits per heavy atom. The van der Waals surface area contributed by atoms with Gasteiger partial charge in [0.05, 0.1) is 0 Å². The van der Waals surface area contributed by atoms with Gasteiger partial charge < -0.3 is 0 Å². The van der Waals surface area contributed by atoms with Crippen LogP contribution < -0.4 is 0 Å². The first-order valence-electron chi connectivity index (χ1n) is 12.3. The van der Waals surface area contributed by atoms with Gasteiger partial charge in [0.15, 0.2) is 0 Å². The van der Waals surface area contributed by atoms with Gasteiger partial charge in [-0.15, -0.1) is 0 Å². The second-order valence-electron chi connectivity index (χ2n) is 15.0. The Hall–Kier alpha value is -0.930. The number of hydrogen-bond acceptors (Lipinski definition) is 6. The van der Waals surface area contributed by atoms with Gasteiger partial charge in [0.25, 0.3) is 0 Å². The van der Waals surface area contributed by atoms with E-state index in [2.05, 4.69) is 134 Å². The van der Waals surface area contributed by atoms with Crippen LogP contribution in [0.5, 0.6) is 0 Å². The zero-order valence-corrected chi connectivity index (χ0v) is 28.9. The summed E-state index contributed by atoms with van der Waals surface area (Å²) >= 11 is -3.51. The molecule has 9 nitrogen and oxygen atoms in total. The first-order valence-corrected chi connectivity index (χ1v) is 16.7. The normalized spacial score (nSPS) is 15.0. The summed E-state index contributed by atoms with van der Waals surface area (Å²) in [4.78, 5) is 0. The Morgan fingerprint density at radius 2 is 0.529 bits per heavy atom. The third-order valence-electron chi connectivity index (χ3n) is 4.04. The van der Waals surface area contributed by atoms with Crippen molar-refractivity contribution < 1.29 is 0 Å². The molecule has 0 aliphatic heterocycles. The Balaban J connectivity index is 7.37. The number of hydrogen-bond donors (Lipinski definition) is 0. The van der Waals surface area contributed by atoms with E-state index in [9.17, 15) is 0 Å². The van der Waals surface area contributed by atoms with E-state index in [1.54, 1.807) is 0 Å². The van der Waals surface area contributed by atoms with E-state index in [1.807, 2.05) is 0 Å². The molecule has 0 unspecified atom stereocenters. The summed E-state index contributed by atoms with van der Waals surface area (Å²) in [5.41, 5.74) is -1.85. The summed E-state index contributed by atoms with van der Waals surface area (Å²) < 4.78 is 6.54. The van der Waals surface area contributed by atoms with Gasteiger partial charge in [-0.1, -0.05) is 0 Å². The van der Waals surface area contributed by atoms with Crippen molar-refractivity contribution in [2.45, 2.75) is 158 Å². The SMILES string of the molecule is CC(C)(C)N=N[N]([In]([N](N=NC(C)(C)C)C(C)(C)C)[N](N=NC(C)(C)C)C(C)(C)C)C(C)(C)C. The molecule has 0 aromatic rings. The van der Waals surface area contributed by atoms with Crippen molar-refractivity contribution in [3.8, 4) is 0 Å². The molecule has 0 spiro atoms. The van der Waals surface area contributed by atoms with E-state index in [0.29, 0.717) is 0 Å². The maximum atomic E-state index is 4.89. The zero-order chi connectivity index (χ0) is 27.6. The molecule has 0 aliphatic carbocycles. The van der Waals surface area contributed by atoms with Gasteiger partial charge in [-0.3, -0.25) is 0 Å². The molecule has 0 N–H and O–H groups in total. The fourth-order valence-corrected chi connectivity index (χ4v) is 11.4. The molecule has 0 rings (SSSR count). The molecule has 0 saturated carbocycles. The van der Waals surface area contributed by atoms with Crippen LogP contribution in [-0.2, 0) is 0 Å². The third-order valence-corrected chi connectivity index (χ3v) is 15.3. The minimum absolute atomic E-state index is 0.307. The van der Waals surface area contributed by atoms with E-state index in [0.717, 1.165) is 0 Å². The summed E-state index contributed by atoms with van der Waals surface area (Å²) in [6, 6.07) is 0. The molecule has 0 atom stereocenters. The van der Waals surface area contributed by atoms with Crippen LogP contribution in [0.25, 0.3) is 0 Å². The predicted octanol–water partition coefficient (Wildman–Crippen LogP) is 7.77. The van der Waals surface area contributed by atoms with Crippen LogP contribution in [0.3, 0.4) is 0 Å². The molecule has 0 amide bonds. The van der Waals surface area contributed by atoms with Crippen LogP contribution in [0, 0.1) is 0 Å². The standard InChI is InChI=1S/3C8H18N3.In/c3*1-7(2,3)9-11-10-8(4,5)6;/h3*1-6H3;/q3*-1;+3. The van der Waals surface area contributed by atoms with Crippen LogP contribution in [0.15, 0.2) is 31.0 Å². The zero-order valence-electron chi connectivity index (χ0n) is 25.6. The monoisotopic (exact) mass is 583 g/mol. The van der Waals surface area contributed by atoms with Crippen LogP contribution in [0.4, 0.5) is 0 Å². The minimum atomic E-state index is -3.51. The Bertz CT molecular complexity index is 619. The molecule has 10 heteroatoms. The van der Waals surface area contributed by atoms with Gasteiger partial charge in [0.1, 0.15) is 0 Å². The molecule has 198 valence electrons. The quantitative estimate of drug-likeness (QED) is 0.237. The predicted molar refractivity (Wildman–Crippen MR) is 144 cm³/mol. The molecule has 0 bridgehead atoms. The van der Waals surface area contributed by atoms with Crippen LogP contribution in [-0.4, -0.2) is 64.5 Å². The molecular formula is C24H54InN9. The van der Waals surface area contributed by atoms with Crippen molar-refractivity contribution >= 4 is 22.3 Å². The molecule has 0 aromatic heterocycles. The van der Waals surface area contributed by atoms with E-state index in [4.69, 9.17) is 31.0 Å². The summed E-state index contributed by atoms with van der Waals surface area (Å²) in [5.74, 6) is 0. The van der Waals surface area contributed by atoms with Gasteiger partial charge >= 0.3 is 220 Å². The Morgan fingerprint density at radius 1 is 0.353 bits per heavy atom. The van der Waals surface area contributed by atoms with Crippen molar-refractivity contribution in [1.82, 2.24) is 8.99 Å². The molecular weight excluding hydrogens is 529 g/mol.